The van der Waals surface area contributed by atoms with Crippen molar-refractivity contribution in [3.8, 4) is 6.07 Å². The van der Waals surface area contributed by atoms with E-state index < -0.39 is 6.10 Å². The van der Waals surface area contributed by atoms with Crippen LogP contribution in [0.15, 0.2) is 39.6 Å². The molecule has 2 rings (SSSR count). The number of amides is 1. The summed E-state index contributed by atoms with van der Waals surface area (Å²) in [6.45, 7) is 0. The molecule has 0 N–H and O–H groups in total. The Balaban J connectivity index is 2.57. The van der Waals surface area contributed by atoms with Crippen molar-refractivity contribution in [1.82, 2.24) is 0 Å². The number of allylic oxidation sites excluding steroid dienone is 2. The lowest BCUT2D eigenvalue weighted by atomic mass is 9.91. The summed E-state index contributed by atoms with van der Waals surface area (Å²) in [4.78, 5) is 15.3. The summed E-state index contributed by atoms with van der Waals surface area (Å²) in [5.74, 6) is 0.189. The molecule has 1 atom stereocenters. The first-order valence-electron chi connectivity index (χ1n) is 4.94. The van der Waals surface area contributed by atoms with Crippen molar-refractivity contribution in [2.45, 2.75) is 6.10 Å². The highest BCUT2D eigenvalue weighted by Crippen LogP contribution is 2.29. The molecule has 1 unspecified atom stereocenters. The molecule has 0 aromatic heterocycles. The van der Waals surface area contributed by atoms with Crippen molar-refractivity contribution in [3.63, 3.8) is 0 Å². The predicted molar refractivity (Wildman–Crippen MR) is 60.1 cm³/mol. The van der Waals surface area contributed by atoms with Gasteiger partial charge in [0.15, 0.2) is 0 Å². The van der Waals surface area contributed by atoms with Gasteiger partial charge >= 0.3 is 0 Å². The number of nitriles is 1. The van der Waals surface area contributed by atoms with Gasteiger partial charge in [-0.15, -0.1) is 0 Å². The maximum absolute atomic E-state index is 11.6. The molecule has 2 aliphatic rings. The van der Waals surface area contributed by atoms with Crippen molar-refractivity contribution < 1.29 is 14.3 Å². The third-order valence-electron chi connectivity index (χ3n) is 2.62. The summed E-state index contributed by atoms with van der Waals surface area (Å²) in [5, 5.41) is 8.96. The van der Waals surface area contributed by atoms with Gasteiger partial charge in [0.2, 0.25) is 0 Å². The fourth-order valence-corrected chi connectivity index (χ4v) is 1.75. The third kappa shape index (κ3) is 1.79. The molecule has 17 heavy (non-hydrogen) atoms. The van der Waals surface area contributed by atoms with Crippen LogP contribution in [0.25, 0.3) is 0 Å². The Hall–Kier alpha value is -2.19. The highest BCUT2D eigenvalue weighted by Gasteiger charge is 2.28. The molecule has 0 spiro atoms. The van der Waals surface area contributed by atoms with Gasteiger partial charge in [-0.3, -0.25) is 4.79 Å². The van der Waals surface area contributed by atoms with Gasteiger partial charge in [0.1, 0.15) is 17.9 Å². The number of carbonyl (C=O) groups is 1. The van der Waals surface area contributed by atoms with Crippen LogP contribution in [0.4, 0.5) is 0 Å². The van der Waals surface area contributed by atoms with Gasteiger partial charge in [0.25, 0.3) is 5.91 Å². The topological polar surface area (TPSA) is 71.7 Å². The Bertz CT molecular complexity index is 532. The van der Waals surface area contributed by atoms with Crippen LogP contribution in [0.3, 0.4) is 0 Å². The molecule has 1 aliphatic carbocycles. The molecular weight excluding hydrogens is 220 g/mol. The highest BCUT2D eigenvalue weighted by atomic mass is 16.5. The van der Waals surface area contributed by atoms with Gasteiger partial charge in [0.05, 0.1) is 12.7 Å². The molecule has 0 aromatic carbocycles. The van der Waals surface area contributed by atoms with Crippen molar-refractivity contribution in [2.24, 2.45) is 4.99 Å². The number of methoxy groups -OCH3 is 2. The maximum Gasteiger partial charge on any atom is 0.277 e. The minimum absolute atomic E-state index is 0.347. The van der Waals surface area contributed by atoms with Crippen molar-refractivity contribution in [3.05, 3.63) is 34.6 Å². The Morgan fingerprint density at radius 3 is 2.82 bits per heavy atom. The average molecular weight is 230 g/mol. The number of ether oxygens (including phenoxy) is 2. The lowest BCUT2D eigenvalue weighted by Crippen LogP contribution is -2.22. The van der Waals surface area contributed by atoms with Crippen LogP contribution in [-0.2, 0) is 14.3 Å². The molecule has 0 aromatic rings. The molecule has 5 nitrogen and oxygen atoms in total. The molecule has 1 heterocycles. The highest BCUT2D eigenvalue weighted by molar-refractivity contribution is 6.11. The van der Waals surface area contributed by atoms with Crippen LogP contribution >= 0.6 is 0 Å². The van der Waals surface area contributed by atoms with Gasteiger partial charge in [-0.2, -0.15) is 5.26 Å². The lowest BCUT2D eigenvalue weighted by Gasteiger charge is -2.23. The van der Waals surface area contributed by atoms with Crippen LogP contribution in [-0.4, -0.2) is 32.4 Å². The number of fused-ring (bicyclic) bond motifs is 1. The van der Waals surface area contributed by atoms with E-state index in [1.54, 1.807) is 12.2 Å². The Labute approximate surface area is 98.3 Å². The maximum atomic E-state index is 11.6. The monoisotopic (exact) mass is 230 g/mol. The summed E-state index contributed by atoms with van der Waals surface area (Å²) in [7, 11) is 3.03. The van der Waals surface area contributed by atoms with E-state index in [0.717, 1.165) is 0 Å². The molecule has 1 aliphatic heterocycles. The summed E-state index contributed by atoms with van der Waals surface area (Å²) < 4.78 is 10.3. The lowest BCUT2D eigenvalue weighted by molar-refractivity contribution is -0.114. The molecule has 0 radical (unpaired) electrons. The summed E-state index contributed by atoms with van der Waals surface area (Å²) >= 11 is 0. The average Bonchev–Trinajstić information content (AvgIpc) is 2.38. The molecule has 0 fully saturated rings. The normalized spacial score (nSPS) is 22.6. The molecule has 86 valence electrons. The second kappa shape index (κ2) is 4.36. The van der Waals surface area contributed by atoms with E-state index in [2.05, 4.69) is 4.99 Å². The van der Waals surface area contributed by atoms with E-state index in [9.17, 15) is 4.79 Å². The van der Waals surface area contributed by atoms with Crippen LogP contribution in [0, 0.1) is 11.3 Å². The minimum atomic E-state index is -0.420. The standard InChI is InChI=1S/C12H10N2O3/c1-16-10-3-8-7(5-13)6-14-12(15)9(8)4-11(10)17-2/h3-4,6,11H,1-2H3. The number of dihydropyridines is 1. The fourth-order valence-electron chi connectivity index (χ4n) is 1.75. The number of nitrogens with zero attached hydrogens (tertiary/aromatic N) is 2. The quantitative estimate of drug-likeness (QED) is 0.706. The van der Waals surface area contributed by atoms with E-state index >= 15 is 0 Å². The smallest absolute Gasteiger partial charge is 0.277 e. The van der Waals surface area contributed by atoms with Gasteiger partial charge in [-0.05, 0) is 12.2 Å². The summed E-state index contributed by atoms with van der Waals surface area (Å²) in [5.41, 5.74) is 1.27. The van der Waals surface area contributed by atoms with Crippen molar-refractivity contribution in [2.75, 3.05) is 14.2 Å². The number of hydrogen-bond donors (Lipinski definition) is 0. The fraction of sp³-hybridized carbons (Fsp3) is 0.250. The molecule has 1 amide bonds. The SMILES string of the molecule is COC1=CC2=C(C#N)C=NC(=O)C2=CC1OC. The number of carbonyl (C=O) groups excluding carboxylic acids is 1. The van der Waals surface area contributed by atoms with Gasteiger partial charge in [0, 0.05) is 24.5 Å². The minimum Gasteiger partial charge on any atom is -0.498 e. The van der Waals surface area contributed by atoms with Gasteiger partial charge < -0.3 is 9.47 Å². The molecule has 5 heteroatoms. The molecule has 0 saturated carbocycles. The van der Waals surface area contributed by atoms with Gasteiger partial charge in [-0.1, -0.05) is 0 Å². The van der Waals surface area contributed by atoms with E-state index in [1.165, 1.54) is 20.4 Å². The number of aliphatic imine (C=N–C) groups is 1. The van der Waals surface area contributed by atoms with Crippen molar-refractivity contribution >= 4 is 12.1 Å². The Morgan fingerprint density at radius 2 is 2.24 bits per heavy atom. The van der Waals surface area contributed by atoms with Crippen LogP contribution in [0.1, 0.15) is 0 Å². The number of rotatable bonds is 2. The molecule has 0 bridgehead atoms. The zero-order chi connectivity index (χ0) is 12.4. The zero-order valence-electron chi connectivity index (χ0n) is 9.43. The van der Waals surface area contributed by atoms with Crippen LogP contribution in [0.2, 0.25) is 0 Å². The van der Waals surface area contributed by atoms with E-state index in [-0.39, 0.29) is 5.91 Å². The Morgan fingerprint density at radius 1 is 1.47 bits per heavy atom. The van der Waals surface area contributed by atoms with E-state index in [1.807, 2.05) is 6.07 Å². The predicted octanol–water partition coefficient (Wildman–Crippen LogP) is 0.903. The van der Waals surface area contributed by atoms with Gasteiger partial charge in [-0.25, -0.2) is 4.99 Å². The second-order valence-electron chi connectivity index (χ2n) is 3.49. The Kier molecular flexibility index (Phi) is 2.90. The van der Waals surface area contributed by atoms with Crippen LogP contribution < -0.4 is 0 Å². The first kappa shape index (κ1) is 11.3. The number of hydrogen-bond acceptors (Lipinski definition) is 4. The second-order valence-corrected chi connectivity index (χ2v) is 3.49. The third-order valence-corrected chi connectivity index (χ3v) is 2.62. The largest absolute Gasteiger partial charge is 0.498 e. The summed E-state index contributed by atoms with van der Waals surface area (Å²) in [6.07, 6.45) is 4.11. The first-order chi connectivity index (χ1) is 8.21. The zero-order valence-corrected chi connectivity index (χ0v) is 9.43. The van der Waals surface area contributed by atoms with E-state index in [4.69, 9.17) is 14.7 Å². The molecule has 0 saturated heterocycles. The molecular formula is C12H10N2O3. The first-order valence-corrected chi connectivity index (χ1v) is 4.94. The van der Waals surface area contributed by atoms with Crippen molar-refractivity contribution in [1.29, 1.82) is 5.26 Å². The summed E-state index contributed by atoms with van der Waals surface area (Å²) in [6, 6.07) is 2.00. The van der Waals surface area contributed by atoms with E-state index in [0.29, 0.717) is 22.5 Å². The van der Waals surface area contributed by atoms with Crippen LogP contribution in [0.5, 0.6) is 0 Å².